The number of urea groups is 1. The Morgan fingerprint density at radius 1 is 0.963 bits per heavy atom. The van der Waals surface area contributed by atoms with E-state index in [1.165, 1.54) is 11.3 Å². The molecule has 0 saturated heterocycles. The molecule has 4 N–H and O–H groups in total. The number of amides is 4. The first-order valence-electron chi connectivity index (χ1n) is 8.59. The van der Waals surface area contributed by atoms with Crippen LogP contribution in [0.2, 0.25) is 0 Å². The fourth-order valence-corrected chi connectivity index (χ4v) is 4.78. The van der Waals surface area contributed by atoms with E-state index in [1.54, 1.807) is 6.07 Å². The molecule has 4 amide bonds. The van der Waals surface area contributed by atoms with E-state index in [1.807, 2.05) is 36.4 Å². The van der Waals surface area contributed by atoms with E-state index in [0.717, 1.165) is 40.5 Å². The van der Waals surface area contributed by atoms with Gasteiger partial charge in [0.05, 0.1) is 5.56 Å². The number of aryl methyl sites for hydroxylation is 1. The number of benzene rings is 2. The lowest BCUT2D eigenvalue weighted by molar-refractivity contribution is 0.0966. The van der Waals surface area contributed by atoms with Crippen molar-refractivity contribution < 1.29 is 14.4 Å². The number of carbonyl (C=O) groups excluding carboxylic acids is 3. The van der Waals surface area contributed by atoms with Crippen LogP contribution in [-0.2, 0) is 12.8 Å². The molecule has 2 aromatic carbocycles. The van der Waals surface area contributed by atoms with E-state index in [4.69, 9.17) is 5.73 Å². The highest BCUT2D eigenvalue weighted by Gasteiger charge is 2.28. The normalized spacial score (nSPS) is 12.6. The summed E-state index contributed by atoms with van der Waals surface area (Å²) >= 11 is 1.39. The molecule has 0 bridgehead atoms. The standard InChI is InChI=1S/C20H17N3O3S/c21-20(26)23-18(25)16-14-9-4-10-15(14)27-19(16)22-17(24)13-8-3-6-11-5-1-2-7-12(11)13/h1-3,5-8H,4,9-10H2,(H,22,24)(H3,21,23,25,26). The number of nitrogens with one attached hydrogen (secondary N) is 2. The van der Waals surface area contributed by atoms with Gasteiger partial charge in [-0.05, 0) is 41.7 Å². The maximum atomic E-state index is 12.9. The van der Waals surface area contributed by atoms with Gasteiger partial charge in [0.1, 0.15) is 5.00 Å². The van der Waals surface area contributed by atoms with E-state index in [9.17, 15) is 14.4 Å². The van der Waals surface area contributed by atoms with Crippen LogP contribution in [0.5, 0.6) is 0 Å². The Morgan fingerprint density at radius 3 is 2.56 bits per heavy atom. The molecule has 1 aliphatic carbocycles. The van der Waals surface area contributed by atoms with Crippen molar-refractivity contribution in [2.24, 2.45) is 5.73 Å². The van der Waals surface area contributed by atoms with Gasteiger partial charge in [0.2, 0.25) is 0 Å². The van der Waals surface area contributed by atoms with Crippen molar-refractivity contribution in [2.75, 3.05) is 5.32 Å². The van der Waals surface area contributed by atoms with Crippen LogP contribution in [0, 0.1) is 0 Å². The van der Waals surface area contributed by atoms with E-state index in [-0.39, 0.29) is 5.91 Å². The summed E-state index contributed by atoms with van der Waals surface area (Å²) in [6.07, 6.45) is 2.56. The summed E-state index contributed by atoms with van der Waals surface area (Å²) < 4.78 is 0. The lowest BCUT2D eigenvalue weighted by Gasteiger charge is -2.09. The van der Waals surface area contributed by atoms with Gasteiger partial charge in [-0.1, -0.05) is 36.4 Å². The minimum absolute atomic E-state index is 0.292. The summed E-state index contributed by atoms with van der Waals surface area (Å²) in [5.41, 5.74) is 6.87. The zero-order valence-corrected chi connectivity index (χ0v) is 15.2. The second-order valence-corrected chi connectivity index (χ2v) is 7.47. The minimum Gasteiger partial charge on any atom is -0.351 e. The molecule has 27 heavy (non-hydrogen) atoms. The molecule has 0 atom stereocenters. The van der Waals surface area contributed by atoms with Crippen LogP contribution in [0.4, 0.5) is 9.80 Å². The molecule has 0 saturated carbocycles. The number of anilines is 1. The van der Waals surface area contributed by atoms with Crippen molar-refractivity contribution in [2.45, 2.75) is 19.3 Å². The van der Waals surface area contributed by atoms with E-state index in [2.05, 4.69) is 10.6 Å². The monoisotopic (exact) mass is 379 g/mol. The van der Waals surface area contributed by atoms with Gasteiger partial charge in [-0.2, -0.15) is 0 Å². The lowest BCUT2D eigenvalue weighted by atomic mass is 10.0. The molecule has 0 aliphatic heterocycles. The molecule has 6 nitrogen and oxygen atoms in total. The lowest BCUT2D eigenvalue weighted by Crippen LogP contribution is -2.35. The summed E-state index contributed by atoms with van der Waals surface area (Å²) in [6, 6.07) is 12.2. The smallest absolute Gasteiger partial charge is 0.319 e. The molecule has 1 heterocycles. The van der Waals surface area contributed by atoms with E-state index < -0.39 is 11.9 Å². The third kappa shape index (κ3) is 3.17. The Balaban J connectivity index is 1.71. The number of hydrogen-bond acceptors (Lipinski definition) is 4. The summed E-state index contributed by atoms with van der Waals surface area (Å²) in [6.45, 7) is 0. The molecular weight excluding hydrogens is 362 g/mol. The highest BCUT2D eigenvalue weighted by molar-refractivity contribution is 7.17. The van der Waals surface area contributed by atoms with Crippen LogP contribution in [0.25, 0.3) is 10.8 Å². The number of nitrogens with two attached hydrogens (primary N) is 1. The van der Waals surface area contributed by atoms with Crippen LogP contribution < -0.4 is 16.4 Å². The number of rotatable bonds is 3. The summed E-state index contributed by atoms with van der Waals surface area (Å²) in [5, 5.41) is 7.24. The maximum Gasteiger partial charge on any atom is 0.319 e. The molecule has 4 rings (SSSR count). The predicted octanol–water partition coefficient (Wildman–Crippen LogP) is 3.45. The Bertz CT molecular complexity index is 1080. The Morgan fingerprint density at radius 2 is 1.74 bits per heavy atom. The number of imide groups is 1. The van der Waals surface area contributed by atoms with Crippen molar-refractivity contribution in [3.63, 3.8) is 0 Å². The number of fused-ring (bicyclic) bond motifs is 2. The first kappa shape index (κ1) is 17.2. The maximum absolute atomic E-state index is 12.9. The van der Waals surface area contributed by atoms with E-state index in [0.29, 0.717) is 16.1 Å². The second kappa shape index (κ2) is 6.85. The molecule has 0 radical (unpaired) electrons. The van der Waals surface area contributed by atoms with Gasteiger partial charge in [-0.25, -0.2) is 4.79 Å². The average molecular weight is 379 g/mol. The van der Waals surface area contributed by atoms with Gasteiger partial charge in [0.25, 0.3) is 11.8 Å². The Labute approximate surface area is 159 Å². The molecule has 0 fully saturated rings. The fourth-order valence-electron chi connectivity index (χ4n) is 3.50. The number of thiophene rings is 1. The van der Waals surface area contributed by atoms with Gasteiger partial charge in [0, 0.05) is 10.4 Å². The van der Waals surface area contributed by atoms with Crippen LogP contribution >= 0.6 is 11.3 Å². The second-order valence-electron chi connectivity index (χ2n) is 6.36. The van der Waals surface area contributed by atoms with Gasteiger partial charge in [0.15, 0.2) is 0 Å². The molecule has 0 spiro atoms. The topological polar surface area (TPSA) is 101 Å². The minimum atomic E-state index is -0.913. The molecule has 0 unspecified atom stereocenters. The van der Waals surface area contributed by atoms with Crippen molar-refractivity contribution in [1.29, 1.82) is 0 Å². The number of primary amides is 1. The zero-order chi connectivity index (χ0) is 19.0. The first-order valence-corrected chi connectivity index (χ1v) is 9.40. The van der Waals surface area contributed by atoms with Crippen molar-refractivity contribution in [3.05, 3.63) is 64.0 Å². The predicted molar refractivity (Wildman–Crippen MR) is 105 cm³/mol. The SMILES string of the molecule is NC(=O)NC(=O)c1c(NC(=O)c2cccc3ccccc23)sc2c1CCC2. The largest absolute Gasteiger partial charge is 0.351 e. The molecule has 1 aromatic heterocycles. The van der Waals surface area contributed by atoms with Crippen LogP contribution in [0.1, 0.15) is 37.6 Å². The molecular formula is C20H17N3O3S. The van der Waals surface area contributed by atoms with Crippen LogP contribution in [-0.4, -0.2) is 17.8 Å². The fraction of sp³-hybridized carbons (Fsp3) is 0.150. The first-order chi connectivity index (χ1) is 13.0. The number of carbonyl (C=O) groups is 3. The van der Waals surface area contributed by atoms with Crippen LogP contribution in [0.15, 0.2) is 42.5 Å². The summed E-state index contributed by atoms with van der Waals surface area (Å²) in [4.78, 5) is 37.6. The summed E-state index contributed by atoms with van der Waals surface area (Å²) in [7, 11) is 0. The molecule has 3 aromatic rings. The van der Waals surface area contributed by atoms with Crippen LogP contribution in [0.3, 0.4) is 0 Å². The van der Waals surface area contributed by atoms with Gasteiger partial charge < -0.3 is 11.1 Å². The van der Waals surface area contributed by atoms with E-state index >= 15 is 0 Å². The zero-order valence-electron chi connectivity index (χ0n) is 14.4. The molecule has 136 valence electrons. The quantitative estimate of drug-likeness (QED) is 0.649. The molecule has 1 aliphatic rings. The average Bonchev–Trinajstić information content (AvgIpc) is 3.21. The number of hydrogen-bond donors (Lipinski definition) is 3. The third-order valence-electron chi connectivity index (χ3n) is 4.65. The van der Waals surface area contributed by atoms with Gasteiger partial charge in [-0.15, -0.1) is 11.3 Å². The van der Waals surface area contributed by atoms with Crippen molar-refractivity contribution >= 4 is 45.0 Å². The molecule has 7 heteroatoms. The third-order valence-corrected chi connectivity index (χ3v) is 5.85. The Kier molecular flexibility index (Phi) is 4.37. The van der Waals surface area contributed by atoms with Gasteiger partial charge in [-0.3, -0.25) is 14.9 Å². The highest BCUT2D eigenvalue weighted by Crippen LogP contribution is 2.39. The summed E-state index contributed by atoms with van der Waals surface area (Å²) in [5.74, 6) is -0.866. The Hall–Kier alpha value is -3.19. The van der Waals surface area contributed by atoms with Gasteiger partial charge >= 0.3 is 6.03 Å². The highest BCUT2D eigenvalue weighted by atomic mass is 32.1. The van der Waals surface area contributed by atoms with Crippen molar-refractivity contribution in [3.8, 4) is 0 Å². The van der Waals surface area contributed by atoms with Crippen molar-refractivity contribution in [1.82, 2.24) is 5.32 Å².